The maximum absolute atomic E-state index is 12.5. The van der Waals surface area contributed by atoms with Crippen LogP contribution in [0.25, 0.3) is 0 Å². The van der Waals surface area contributed by atoms with Gasteiger partial charge in [-0.2, -0.15) is 0 Å². The molecular formula is C20H23N3O5. The molecule has 2 unspecified atom stereocenters. The number of carbonyl (C=O) groups excluding carboxylic acids is 2. The SMILES string of the molecule is COc1cc(NC(=O)C2CC2C(=O)NCc2ccncc2)cc(OC)c1OC. The van der Waals surface area contributed by atoms with Gasteiger partial charge in [0.15, 0.2) is 11.5 Å². The molecule has 0 spiro atoms. The van der Waals surface area contributed by atoms with E-state index in [-0.39, 0.29) is 23.7 Å². The van der Waals surface area contributed by atoms with Gasteiger partial charge in [-0.15, -0.1) is 0 Å². The number of methoxy groups -OCH3 is 3. The highest BCUT2D eigenvalue weighted by atomic mass is 16.5. The van der Waals surface area contributed by atoms with Crippen molar-refractivity contribution in [2.75, 3.05) is 26.6 Å². The Balaban J connectivity index is 1.58. The predicted molar refractivity (Wildman–Crippen MR) is 102 cm³/mol. The largest absolute Gasteiger partial charge is 0.493 e. The summed E-state index contributed by atoms with van der Waals surface area (Å²) >= 11 is 0. The number of hydrogen-bond donors (Lipinski definition) is 2. The number of anilines is 1. The predicted octanol–water partition coefficient (Wildman–Crippen LogP) is 2.00. The van der Waals surface area contributed by atoms with Gasteiger partial charge in [-0.25, -0.2) is 0 Å². The fraction of sp³-hybridized carbons (Fsp3) is 0.350. The van der Waals surface area contributed by atoms with Crippen molar-refractivity contribution < 1.29 is 23.8 Å². The standard InChI is InChI=1S/C20H23N3O5/c1-26-16-8-13(9-17(27-2)18(16)28-3)23-20(25)15-10-14(15)19(24)22-11-12-4-6-21-7-5-12/h4-9,14-15H,10-11H2,1-3H3,(H,22,24)(H,23,25). The molecule has 1 aliphatic rings. The zero-order chi connectivity index (χ0) is 20.1. The summed E-state index contributed by atoms with van der Waals surface area (Å²) in [7, 11) is 4.53. The second kappa shape index (κ2) is 8.60. The first-order chi connectivity index (χ1) is 13.6. The maximum Gasteiger partial charge on any atom is 0.228 e. The summed E-state index contributed by atoms with van der Waals surface area (Å²) in [6.07, 6.45) is 3.87. The van der Waals surface area contributed by atoms with Crippen molar-refractivity contribution in [3.05, 3.63) is 42.2 Å². The van der Waals surface area contributed by atoms with Gasteiger partial charge in [0.2, 0.25) is 17.6 Å². The van der Waals surface area contributed by atoms with Crippen LogP contribution in [0.1, 0.15) is 12.0 Å². The number of nitrogens with zero attached hydrogens (tertiary/aromatic N) is 1. The molecule has 148 valence electrons. The molecule has 0 saturated heterocycles. The van der Waals surface area contributed by atoms with Gasteiger partial charge >= 0.3 is 0 Å². The number of benzene rings is 1. The van der Waals surface area contributed by atoms with Crippen LogP contribution in [-0.2, 0) is 16.1 Å². The van der Waals surface area contributed by atoms with Crippen LogP contribution in [0.2, 0.25) is 0 Å². The summed E-state index contributed by atoms with van der Waals surface area (Å²) < 4.78 is 15.8. The molecule has 3 rings (SSSR count). The third-order valence-corrected chi connectivity index (χ3v) is 4.61. The van der Waals surface area contributed by atoms with E-state index in [0.29, 0.717) is 35.9 Å². The van der Waals surface area contributed by atoms with Crippen molar-refractivity contribution in [1.82, 2.24) is 10.3 Å². The third-order valence-electron chi connectivity index (χ3n) is 4.61. The number of amides is 2. The van der Waals surface area contributed by atoms with Crippen molar-refractivity contribution in [2.45, 2.75) is 13.0 Å². The Morgan fingerprint density at radius 1 is 1.00 bits per heavy atom. The Morgan fingerprint density at radius 3 is 2.18 bits per heavy atom. The number of ether oxygens (including phenoxy) is 3. The lowest BCUT2D eigenvalue weighted by molar-refractivity contribution is -0.125. The highest BCUT2D eigenvalue weighted by Crippen LogP contribution is 2.42. The van der Waals surface area contributed by atoms with Crippen LogP contribution < -0.4 is 24.8 Å². The summed E-state index contributed by atoms with van der Waals surface area (Å²) in [5.74, 6) is 0.336. The molecule has 2 atom stereocenters. The van der Waals surface area contributed by atoms with Gasteiger partial charge in [0.25, 0.3) is 0 Å². The van der Waals surface area contributed by atoms with Gasteiger partial charge in [-0.3, -0.25) is 14.6 Å². The molecule has 0 aliphatic heterocycles. The van der Waals surface area contributed by atoms with E-state index < -0.39 is 0 Å². The quantitative estimate of drug-likeness (QED) is 0.721. The first-order valence-corrected chi connectivity index (χ1v) is 8.84. The van der Waals surface area contributed by atoms with E-state index >= 15 is 0 Å². The number of pyridine rings is 1. The molecule has 1 saturated carbocycles. The fourth-order valence-electron chi connectivity index (χ4n) is 2.98. The Bertz CT molecular complexity index is 831. The van der Waals surface area contributed by atoms with Crippen LogP contribution in [-0.4, -0.2) is 38.1 Å². The average Bonchev–Trinajstić information content (AvgIpc) is 3.53. The molecule has 1 aromatic heterocycles. The highest BCUT2D eigenvalue weighted by Gasteiger charge is 2.48. The van der Waals surface area contributed by atoms with Gasteiger partial charge in [0.1, 0.15) is 0 Å². The molecule has 1 heterocycles. The van der Waals surface area contributed by atoms with Crippen LogP contribution in [0.4, 0.5) is 5.69 Å². The first kappa shape index (κ1) is 19.5. The molecule has 8 nitrogen and oxygen atoms in total. The van der Waals surface area contributed by atoms with Crippen LogP contribution in [0.5, 0.6) is 17.2 Å². The number of hydrogen-bond acceptors (Lipinski definition) is 6. The summed E-state index contributed by atoms with van der Waals surface area (Å²) in [4.78, 5) is 28.7. The summed E-state index contributed by atoms with van der Waals surface area (Å²) in [6, 6.07) is 6.98. The van der Waals surface area contributed by atoms with E-state index in [1.54, 1.807) is 24.5 Å². The Labute approximate surface area is 163 Å². The van der Waals surface area contributed by atoms with Gasteiger partial charge in [0.05, 0.1) is 33.2 Å². The van der Waals surface area contributed by atoms with E-state index in [1.165, 1.54) is 21.3 Å². The van der Waals surface area contributed by atoms with Crippen LogP contribution in [0, 0.1) is 11.8 Å². The van der Waals surface area contributed by atoms with Gasteiger partial charge < -0.3 is 24.8 Å². The van der Waals surface area contributed by atoms with E-state index in [2.05, 4.69) is 15.6 Å². The lowest BCUT2D eigenvalue weighted by atomic mass is 10.2. The van der Waals surface area contributed by atoms with Gasteiger partial charge in [-0.05, 0) is 24.1 Å². The minimum Gasteiger partial charge on any atom is -0.493 e. The topological polar surface area (TPSA) is 98.8 Å². The average molecular weight is 385 g/mol. The molecular weight excluding hydrogens is 362 g/mol. The normalized spacial score (nSPS) is 17.4. The second-order valence-electron chi connectivity index (χ2n) is 6.43. The molecule has 2 amide bonds. The van der Waals surface area contributed by atoms with Crippen LogP contribution >= 0.6 is 0 Å². The Morgan fingerprint density at radius 2 is 1.61 bits per heavy atom. The molecule has 0 bridgehead atoms. The van der Waals surface area contributed by atoms with Gasteiger partial charge in [-0.1, -0.05) is 0 Å². The molecule has 8 heteroatoms. The summed E-state index contributed by atoms with van der Waals surface area (Å²) in [5, 5.41) is 5.68. The Kier molecular flexibility index (Phi) is 5.98. The number of carbonyl (C=O) groups is 2. The van der Waals surface area contributed by atoms with Crippen molar-refractivity contribution >= 4 is 17.5 Å². The van der Waals surface area contributed by atoms with Crippen molar-refractivity contribution in [3.63, 3.8) is 0 Å². The summed E-state index contributed by atoms with van der Waals surface area (Å²) in [6.45, 7) is 0.416. The lowest BCUT2D eigenvalue weighted by Gasteiger charge is -2.14. The van der Waals surface area contributed by atoms with Crippen molar-refractivity contribution in [2.24, 2.45) is 11.8 Å². The molecule has 1 aliphatic carbocycles. The van der Waals surface area contributed by atoms with Crippen LogP contribution in [0.3, 0.4) is 0 Å². The molecule has 0 radical (unpaired) electrons. The number of rotatable bonds is 8. The minimum atomic E-state index is -0.350. The molecule has 28 heavy (non-hydrogen) atoms. The highest BCUT2D eigenvalue weighted by molar-refractivity contribution is 5.99. The molecule has 1 aromatic carbocycles. The zero-order valence-electron chi connectivity index (χ0n) is 16.0. The molecule has 2 N–H and O–H groups in total. The third kappa shape index (κ3) is 4.33. The second-order valence-corrected chi connectivity index (χ2v) is 6.43. The minimum absolute atomic E-state index is 0.123. The van der Waals surface area contributed by atoms with Crippen molar-refractivity contribution in [3.8, 4) is 17.2 Å². The van der Waals surface area contributed by atoms with E-state index in [0.717, 1.165) is 5.56 Å². The molecule has 2 aromatic rings. The number of aromatic nitrogens is 1. The Hall–Kier alpha value is -3.29. The first-order valence-electron chi connectivity index (χ1n) is 8.84. The maximum atomic E-state index is 12.5. The smallest absolute Gasteiger partial charge is 0.228 e. The number of nitrogens with one attached hydrogen (secondary N) is 2. The van der Waals surface area contributed by atoms with E-state index in [1.807, 2.05) is 12.1 Å². The molecule has 1 fully saturated rings. The lowest BCUT2D eigenvalue weighted by Crippen LogP contribution is -2.27. The summed E-state index contributed by atoms with van der Waals surface area (Å²) in [5.41, 5.74) is 1.48. The van der Waals surface area contributed by atoms with E-state index in [4.69, 9.17) is 14.2 Å². The fourth-order valence-corrected chi connectivity index (χ4v) is 2.98. The van der Waals surface area contributed by atoms with Crippen LogP contribution in [0.15, 0.2) is 36.7 Å². The zero-order valence-corrected chi connectivity index (χ0v) is 16.0. The van der Waals surface area contributed by atoms with E-state index in [9.17, 15) is 9.59 Å². The van der Waals surface area contributed by atoms with Crippen molar-refractivity contribution in [1.29, 1.82) is 0 Å². The monoisotopic (exact) mass is 385 g/mol. The van der Waals surface area contributed by atoms with Gasteiger partial charge in [0, 0.05) is 36.8 Å².